The number of carboxylic acid groups (broad SMARTS) is 1. The van der Waals surface area contributed by atoms with Gasteiger partial charge in [-0.15, -0.1) is 0 Å². The maximum Gasteiger partial charge on any atom is 0.219 e. The first-order chi connectivity index (χ1) is 10.8. The molecule has 23 heavy (non-hydrogen) atoms. The second kappa shape index (κ2) is 12.3. The zero-order valence-corrected chi connectivity index (χ0v) is 14.9. The van der Waals surface area contributed by atoms with Crippen LogP contribution >= 0.6 is 0 Å². The predicted octanol–water partition coefficient (Wildman–Crippen LogP) is 1.41. The molecule has 0 spiro atoms. The van der Waals surface area contributed by atoms with Crippen molar-refractivity contribution in [1.82, 2.24) is 5.32 Å². The van der Waals surface area contributed by atoms with Crippen molar-refractivity contribution in [2.75, 3.05) is 33.7 Å². The Bertz CT molecular complexity index is 349. The Morgan fingerprint density at radius 1 is 1.13 bits per heavy atom. The number of carbonyl (C=O) groups excluding carboxylic acids is 2. The molecule has 0 aliphatic rings. The van der Waals surface area contributed by atoms with Crippen LogP contribution < -0.4 is 10.4 Å². The van der Waals surface area contributed by atoms with Gasteiger partial charge in [-0.25, -0.2) is 4.39 Å². The van der Waals surface area contributed by atoms with Gasteiger partial charge in [-0.2, -0.15) is 0 Å². The third-order valence-electron chi connectivity index (χ3n) is 3.86. The van der Waals surface area contributed by atoms with Crippen LogP contribution in [0.3, 0.4) is 0 Å². The van der Waals surface area contributed by atoms with Crippen molar-refractivity contribution < 1.29 is 23.6 Å². The number of carbonyl (C=O) groups is 2. The molecular formula is C17H33FN2O3. The summed E-state index contributed by atoms with van der Waals surface area (Å²) in [7, 11) is 3.65. The molecule has 5 nitrogen and oxygen atoms in total. The maximum absolute atomic E-state index is 13.4. The number of alkyl halides is 1. The standard InChI is InChI=1S/C17H33FN2O3/c1-4-5-9-15(18)10-6-7-11-16(21)19-12-8-13-20(2,3)14-17(22)23/h15H,4-14H2,1-3H3,(H-,19,21,22,23). The third-order valence-corrected chi connectivity index (χ3v) is 3.86. The Labute approximate surface area is 139 Å². The normalized spacial score (nSPS) is 12.9. The quantitative estimate of drug-likeness (QED) is 0.386. The Morgan fingerprint density at radius 3 is 2.39 bits per heavy atom. The van der Waals surface area contributed by atoms with Gasteiger partial charge in [-0.3, -0.25) is 4.79 Å². The van der Waals surface area contributed by atoms with Gasteiger partial charge in [0.2, 0.25) is 5.91 Å². The van der Waals surface area contributed by atoms with Crippen molar-refractivity contribution in [2.45, 2.75) is 64.5 Å². The summed E-state index contributed by atoms with van der Waals surface area (Å²) in [6.45, 7) is 3.22. The molecule has 0 aliphatic carbocycles. The molecule has 0 heterocycles. The average Bonchev–Trinajstić information content (AvgIpc) is 2.44. The molecule has 0 saturated carbocycles. The van der Waals surface area contributed by atoms with E-state index < -0.39 is 12.1 Å². The summed E-state index contributed by atoms with van der Waals surface area (Å²) in [5.74, 6) is -1.08. The zero-order valence-electron chi connectivity index (χ0n) is 14.9. The van der Waals surface area contributed by atoms with Crippen LogP contribution in [0.15, 0.2) is 0 Å². The number of rotatable bonds is 14. The molecule has 0 aromatic carbocycles. The summed E-state index contributed by atoms with van der Waals surface area (Å²) in [6, 6.07) is 0. The molecule has 0 radical (unpaired) electrons. The third kappa shape index (κ3) is 14.2. The van der Waals surface area contributed by atoms with E-state index in [-0.39, 0.29) is 12.5 Å². The molecule has 0 fully saturated rings. The summed E-state index contributed by atoms with van der Waals surface area (Å²) < 4.78 is 13.8. The van der Waals surface area contributed by atoms with Crippen LogP contribution in [0.2, 0.25) is 0 Å². The highest BCUT2D eigenvalue weighted by atomic mass is 19.1. The van der Waals surface area contributed by atoms with E-state index >= 15 is 0 Å². The number of quaternary nitrogens is 1. The number of hydrogen-bond acceptors (Lipinski definition) is 3. The Morgan fingerprint density at radius 2 is 1.78 bits per heavy atom. The van der Waals surface area contributed by atoms with E-state index in [9.17, 15) is 19.1 Å². The fraction of sp³-hybridized carbons (Fsp3) is 0.882. The summed E-state index contributed by atoms with van der Waals surface area (Å²) >= 11 is 0. The van der Waals surface area contributed by atoms with E-state index in [0.29, 0.717) is 43.3 Å². The number of unbranched alkanes of at least 4 members (excludes halogenated alkanes) is 2. The number of aliphatic carboxylic acids is 1. The zero-order chi connectivity index (χ0) is 17.7. The van der Waals surface area contributed by atoms with Crippen molar-refractivity contribution in [3.05, 3.63) is 0 Å². The lowest BCUT2D eigenvalue weighted by molar-refractivity contribution is -0.884. The molecule has 1 unspecified atom stereocenters. The van der Waals surface area contributed by atoms with E-state index in [1.807, 2.05) is 14.1 Å². The van der Waals surface area contributed by atoms with Crippen molar-refractivity contribution in [3.8, 4) is 0 Å². The molecule has 0 bridgehead atoms. The number of hydrogen-bond donors (Lipinski definition) is 1. The first-order valence-corrected chi connectivity index (χ1v) is 8.69. The Kier molecular flexibility index (Phi) is 11.7. The summed E-state index contributed by atoms with van der Waals surface area (Å²) in [5, 5.41) is 13.4. The molecule has 1 N–H and O–H groups in total. The molecule has 1 amide bonds. The van der Waals surface area contributed by atoms with Gasteiger partial charge in [0, 0.05) is 19.4 Å². The van der Waals surface area contributed by atoms with Crippen LogP contribution in [-0.4, -0.2) is 56.3 Å². The molecular weight excluding hydrogens is 299 g/mol. The summed E-state index contributed by atoms with van der Waals surface area (Å²) in [6.07, 6.45) is 4.98. The predicted molar refractivity (Wildman–Crippen MR) is 87.4 cm³/mol. The number of nitrogens with zero attached hydrogens (tertiary/aromatic N) is 1. The van der Waals surface area contributed by atoms with E-state index in [1.54, 1.807) is 0 Å². The van der Waals surface area contributed by atoms with Crippen LogP contribution in [0.5, 0.6) is 0 Å². The first kappa shape index (κ1) is 21.8. The molecule has 0 rings (SSSR count). The number of likely N-dealkylation sites (N-methyl/N-ethyl adjacent to an activating group) is 1. The van der Waals surface area contributed by atoms with Gasteiger partial charge < -0.3 is 19.7 Å². The molecule has 1 atom stereocenters. The van der Waals surface area contributed by atoms with Gasteiger partial charge in [0.25, 0.3) is 0 Å². The number of amides is 1. The molecule has 136 valence electrons. The lowest BCUT2D eigenvalue weighted by atomic mass is 10.1. The smallest absolute Gasteiger partial charge is 0.219 e. The van der Waals surface area contributed by atoms with Crippen molar-refractivity contribution in [3.63, 3.8) is 0 Å². The number of carboxylic acids is 1. The van der Waals surface area contributed by atoms with Gasteiger partial charge >= 0.3 is 0 Å². The average molecular weight is 332 g/mol. The lowest BCUT2D eigenvalue weighted by Crippen LogP contribution is -2.49. The van der Waals surface area contributed by atoms with Crippen molar-refractivity contribution >= 4 is 11.9 Å². The minimum Gasteiger partial charge on any atom is -0.544 e. The SMILES string of the molecule is CCCCC(F)CCCCC(=O)NCCC[N+](C)(C)CC(=O)[O-]. The van der Waals surface area contributed by atoms with Crippen LogP contribution in [0.25, 0.3) is 0 Å². The van der Waals surface area contributed by atoms with Crippen molar-refractivity contribution in [2.24, 2.45) is 0 Å². The van der Waals surface area contributed by atoms with Crippen LogP contribution in [-0.2, 0) is 9.59 Å². The second-order valence-electron chi connectivity index (χ2n) is 6.88. The van der Waals surface area contributed by atoms with E-state index in [1.165, 1.54) is 0 Å². The van der Waals surface area contributed by atoms with Gasteiger partial charge in [-0.1, -0.05) is 26.2 Å². The lowest BCUT2D eigenvalue weighted by Gasteiger charge is -2.30. The highest BCUT2D eigenvalue weighted by Crippen LogP contribution is 2.12. The second-order valence-corrected chi connectivity index (χ2v) is 6.88. The van der Waals surface area contributed by atoms with Crippen LogP contribution in [0.1, 0.15) is 58.3 Å². The first-order valence-electron chi connectivity index (χ1n) is 8.69. The number of halogens is 1. The minimum absolute atomic E-state index is 0.0147. The Hall–Kier alpha value is -1.17. The van der Waals surface area contributed by atoms with Crippen molar-refractivity contribution in [1.29, 1.82) is 0 Å². The van der Waals surface area contributed by atoms with Gasteiger partial charge in [0.1, 0.15) is 12.7 Å². The molecule has 0 aliphatic heterocycles. The van der Waals surface area contributed by atoms with E-state index in [0.717, 1.165) is 25.7 Å². The van der Waals surface area contributed by atoms with Crippen LogP contribution in [0.4, 0.5) is 4.39 Å². The molecule has 0 saturated heterocycles. The number of nitrogens with one attached hydrogen (secondary N) is 1. The monoisotopic (exact) mass is 332 g/mol. The Balaban J connectivity index is 3.59. The molecule has 0 aromatic rings. The van der Waals surface area contributed by atoms with Gasteiger partial charge in [0.15, 0.2) is 0 Å². The fourth-order valence-electron chi connectivity index (χ4n) is 2.47. The van der Waals surface area contributed by atoms with Gasteiger partial charge in [0.05, 0.1) is 26.6 Å². The van der Waals surface area contributed by atoms with Gasteiger partial charge in [-0.05, 0) is 19.3 Å². The topological polar surface area (TPSA) is 69.2 Å². The highest BCUT2D eigenvalue weighted by molar-refractivity contribution is 5.75. The van der Waals surface area contributed by atoms with E-state index in [2.05, 4.69) is 12.2 Å². The minimum atomic E-state index is -1.07. The highest BCUT2D eigenvalue weighted by Gasteiger charge is 2.14. The van der Waals surface area contributed by atoms with Crippen LogP contribution in [0, 0.1) is 0 Å². The van der Waals surface area contributed by atoms with E-state index in [4.69, 9.17) is 0 Å². The molecule has 6 heteroatoms. The largest absolute Gasteiger partial charge is 0.544 e. The summed E-state index contributed by atoms with van der Waals surface area (Å²) in [4.78, 5) is 22.2. The maximum atomic E-state index is 13.4. The fourth-order valence-corrected chi connectivity index (χ4v) is 2.47. The molecule has 0 aromatic heterocycles. The summed E-state index contributed by atoms with van der Waals surface area (Å²) in [5.41, 5.74) is 0.